The highest BCUT2D eigenvalue weighted by molar-refractivity contribution is 7.25. The van der Waals surface area contributed by atoms with E-state index in [4.69, 9.17) is 14.7 Å². The lowest BCUT2D eigenvalue weighted by Gasteiger charge is -2.26. The third-order valence-corrected chi connectivity index (χ3v) is 13.1. The summed E-state index contributed by atoms with van der Waals surface area (Å²) in [6.45, 7) is 0. The van der Waals surface area contributed by atoms with Crippen LogP contribution in [0.2, 0.25) is 0 Å². The number of nitrogens with one attached hydrogen (secondary N) is 1. The van der Waals surface area contributed by atoms with E-state index < -0.39 is 0 Å². The van der Waals surface area contributed by atoms with Crippen molar-refractivity contribution in [3.05, 3.63) is 203 Å². The van der Waals surface area contributed by atoms with Crippen LogP contribution in [0.15, 0.2) is 197 Å². The maximum absolute atomic E-state index is 6.98. The van der Waals surface area contributed by atoms with Gasteiger partial charge < -0.3 is 14.6 Å². The highest BCUT2D eigenvalue weighted by atomic mass is 32.1. The Hall–Kier alpha value is -6.76. The topological polar surface area (TPSA) is 50.9 Å². The van der Waals surface area contributed by atoms with Gasteiger partial charge in [-0.2, -0.15) is 0 Å². The van der Waals surface area contributed by atoms with Gasteiger partial charge in [-0.05, 0) is 72.0 Å². The molecule has 4 aliphatic rings. The minimum absolute atomic E-state index is 0.0795. The highest BCUT2D eigenvalue weighted by Gasteiger charge is 2.43. The zero-order valence-electron chi connectivity index (χ0n) is 31.0. The molecule has 6 aromatic carbocycles. The number of aliphatic imine (C=N–C) groups is 2. The van der Waals surface area contributed by atoms with E-state index in [1.807, 2.05) is 23.5 Å². The minimum Gasteiger partial charge on any atom is -0.485 e. The summed E-state index contributed by atoms with van der Waals surface area (Å²) in [5.41, 5.74) is 10.6. The van der Waals surface area contributed by atoms with Crippen LogP contribution in [0.3, 0.4) is 0 Å². The monoisotopic (exact) mass is 752 g/mol. The van der Waals surface area contributed by atoms with Crippen LogP contribution in [0.1, 0.15) is 35.7 Å². The van der Waals surface area contributed by atoms with Crippen molar-refractivity contribution in [3.63, 3.8) is 0 Å². The second kappa shape index (κ2) is 12.9. The lowest BCUT2D eigenvalue weighted by Crippen LogP contribution is -2.37. The Kier molecular flexibility index (Phi) is 7.35. The first-order valence-electron chi connectivity index (χ1n) is 19.7. The third-order valence-electron chi connectivity index (χ3n) is 11.9. The maximum atomic E-state index is 6.98. The molecule has 0 spiro atoms. The van der Waals surface area contributed by atoms with Crippen LogP contribution >= 0.6 is 11.3 Å². The molecule has 0 amide bonds. The zero-order valence-corrected chi connectivity index (χ0v) is 31.8. The van der Waals surface area contributed by atoms with E-state index in [-0.39, 0.29) is 18.2 Å². The van der Waals surface area contributed by atoms with Crippen LogP contribution in [0, 0.1) is 5.92 Å². The summed E-state index contributed by atoms with van der Waals surface area (Å²) in [4.78, 5) is 10.3. The molecule has 5 nitrogen and oxygen atoms in total. The Morgan fingerprint density at radius 2 is 1.39 bits per heavy atom. The molecule has 272 valence electrons. The van der Waals surface area contributed by atoms with Gasteiger partial charge in [-0.15, -0.1) is 11.3 Å². The van der Waals surface area contributed by atoms with Crippen LogP contribution in [-0.4, -0.2) is 22.3 Å². The number of benzene rings is 6. The van der Waals surface area contributed by atoms with Crippen molar-refractivity contribution in [1.29, 1.82) is 0 Å². The van der Waals surface area contributed by atoms with E-state index >= 15 is 0 Å². The molecule has 0 saturated carbocycles. The molecule has 4 heterocycles. The number of nitrogens with zero attached hydrogens (tertiary/aromatic N) is 3. The molecule has 57 heavy (non-hydrogen) atoms. The molecule has 1 fully saturated rings. The smallest absolute Gasteiger partial charge is 0.169 e. The van der Waals surface area contributed by atoms with Crippen LogP contribution in [0.5, 0.6) is 0 Å². The molecular formula is C51H36N4OS. The van der Waals surface area contributed by atoms with Crippen molar-refractivity contribution in [1.82, 2.24) is 9.88 Å². The Balaban J connectivity index is 0.962. The van der Waals surface area contributed by atoms with Gasteiger partial charge in [0.25, 0.3) is 0 Å². The normalized spacial score (nSPS) is 20.2. The average Bonchev–Trinajstić information content (AvgIpc) is 3.96. The molecular weight excluding hydrogens is 717 g/mol. The first kappa shape index (κ1) is 32.5. The maximum Gasteiger partial charge on any atom is 0.169 e. The molecule has 2 aliphatic carbocycles. The Bertz CT molecular complexity index is 3090. The van der Waals surface area contributed by atoms with Crippen molar-refractivity contribution in [2.75, 3.05) is 0 Å². The van der Waals surface area contributed by atoms with Crippen molar-refractivity contribution in [2.24, 2.45) is 15.9 Å². The van der Waals surface area contributed by atoms with E-state index in [9.17, 15) is 0 Å². The van der Waals surface area contributed by atoms with Crippen LogP contribution < -0.4 is 5.32 Å². The number of allylic oxidation sites excluding steroid dienone is 4. The minimum atomic E-state index is -0.348. The Morgan fingerprint density at radius 3 is 2.19 bits per heavy atom. The van der Waals surface area contributed by atoms with Gasteiger partial charge in [0.15, 0.2) is 6.17 Å². The second-order valence-electron chi connectivity index (χ2n) is 15.1. The van der Waals surface area contributed by atoms with Crippen molar-refractivity contribution < 1.29 is 4.74 Å². The summed E-state index contributed by atoms with van der Waals surface area (Å²) in [5, 5.41) is 8.77. The molecule has 1 saturated heterocycles. The van der Waals surface area contributed by atoms with Gasteiger partial charge in [-0.25, -0.2) is 9.98 Å². The lowest BCUT2D eigenvalue weighted by atomic mass is 9.78. The quantitative estimate of drug-likeness (QED) is 0.190. The fourth-order valence-corrected chi connectivity index (χ4v) is 10.5. The number of amidine groups is 2. The van der Waals surface area contributed by atoms with Gasteiger partial charge in [0, 0.05) is 47.7 Å². The summed E-state index contributed by atoms with van der Waals surface area (Å²) < 4.78 is 12.0. The molecule has 8 aromatic rings. The number of rotatable bonds is 5. The molecule has 3 atom stereocenters. The van der Waals surface area contributed by atoms with Gasteiger partial charge in [0.05, 0.1) is 22.6 Å². The summed E-state index contributed by atoms with van der Waals surface area (Å²) >= 11 is 1.87. The fourth-order valence-electron chi connectivity index (χ4n) is 9.39. The Labute approximate surface area is 334 Å². The summed E-state index contributed by atoms with van der Waals surface area (Å²) in [6.07, 6.45) is 10.4. The SMILES string of the molecule is C1=CC2OC3=C(C4=NC(c5ccccc5)N=C(c5ccccc5)N4)CCC=C3C2C(c2ccc3sc4cccc(-n5c6ccccc6c6ccccc65)c4c3c2)=C1. The van der Waals surface area contributed by atoms with Gasteiger partial charge in [0.2, 0.25) is 0 Å². The third kappa shape index (κ3) is 5.14. The van der Waals surface area contributed by atoms with E-state index in [0.717, 1.165) is 47.0 Å². The number of aromatic nitrogens is 1. The number of hydrogen-bond donors (Lipinski definition) is 1. The van der Waals surface area contributed by atoms with Gasteiger partial charge >= 0.3 is 0 Å². The van der Waals surface area contributed by atoms with E-state index in [2.05, 4.69) is 168 Å². The molecule has 12 rings (SSSR count). The first-order valence-corrected chi connectivity index (χ1v) is 20.5. The molecule has 3 unspecified atom stereocenters. The lowest BCUT2D eigenvalue weighted by molar-refractivity contribution is 0.185. The Morgan fingerprint density at radius 1 is 0.649 bits per heavy atom. The largest absolute Gasteiger partial charge is 0.485 e. The summed E-state index contributed by atoms with van der Waals surface area (Å²) in [5.74, 6) is 2.70. The molecule has 1 N–H and O–H groups in total. The summed E-state index contributed by atoms with van der Waals surface area (Å²) in [7, 11) is 0. The van der Waals surface area contributed by atoms with E-state index in [1.165, 1.54) is 64.4 Å². The number of thiophene rings is 1. The summed E-state index contributed by atoms with van der Waals surface area (Å²) in [6, 6.07) is 52.1. The number of hydrogen-bond acceptors (Lipinski definition) is 5. The number of ether oxygens (including phenoxy) is 1. The van der Waals surface area contributed by atoms with Crippen LogP contribution in [-0.2, 0) is 4.74 Å². The molecule has 6 heteroatoms. The highest BCUT2D eigenvalue weighted by Crippen LogP contribution is 2.50. The van der Waals surface area contributed by atoms with E-state index in [0.29, 0.717) is 0 Å². The van der Waals surface area contributed by atoms with Crippen LogP contribution in [0.25, 0.3) is 53.2 Å². The van der Waals surface area contributed by atoms with Gasteiger partial charge in [-0.3, -0.25) is 0 Å². The van der Waals surface area contributed by atoms with Crippen molar-refractivity contribution in [3.8, 4) is 5.69 Å². The molecule has 2 aliphatic heterocycles. The zero-order chi connectivity index (χ0) is 37.5. The van der Waals surface area contributed by atoms with Crippen LogP contribution in [0.4, 0.5) is 0 Å². The van der Waals surface area contributed by atoms with Gasteiger partial charge in [-0.1, -0.05) is 127 Å². The second-order valence-corrected chi connectivity index (χ2v) is 16.2. The van der Waals surface area contributed by atoms with E-state index in [1.54, 1.807) is 0 Å². The molecule has 2 aromatic heterocycles. The van der Waals surface area contributed by atoms with Crippen molar-refractivity contribution >= 4 is 70.6 Å². The van der Waals surface area contributed by atoms with Crippen molar-refractivity contribution in [2.45, 2.75) is 25.1 Å². The standard InChI is InChI=1S/C51H36N4OS/c1-3-14-31(15-4-1)49-52-50(32-16-5-2-6-17-32)54-51(53-49)38-22-11-21-37-46-34(20-12-26-43(46)56-48(37)38)33-28-29-44-39(30-33)47-42(25-13-27-45(47)57-44)55-40-23-9-7-18-35(40)36-19-8-10-24-41(36)55/h1-10,12-21,23-30,43,46,49H,11,22H2,(H,52,53,54). The van der Waals surface area contributed by atoms with Gasteiger partial charge in [0.1, 0.15) is 23.5 Å². The predicted molar refractivity (Wildman–Crippen MR) is 236 cm³/mol. The number of fused-ring (bicyclic) bond motifs is 9. The number of para-hydroxylation sites is 2. The first-order chi connectivity index (χ1) is 28.3. The fraction of sp³-hybridized carbons (Fsp3) is 0.0980. The average molecular weight is 753 g/mol. The molecule has 0 radical (unpaired) electrons. The predicted octanol–water partition coefficient (Wildman–Crippen LogP) is 12.2. The molecule has 0 bridgehead atoms.